The maximum absolute atomic E-state index is 11.3. The first-order valence-electron chi connectivity index (χ1n) is 13.8. The minimum Gasteiger partial charge on any atom is -0.496 e. The fourth-order valence-corrected chi connectivity index (χ4v) is 3.76. The summed E-state index contributed by atoms with van der Waals surface area (Å²) in [6, 6.07) is 16.3. The summed E-state index contributed by atoms with van der Waals surface area (Å²) in [5.41, 5.74) is 2.15. The molecular formula is C33H46O7. The number of rotatable bonds is 18. The van der Waals surface area contributed by atoms with Gasteiger partial charge in [-0.3, -0.25) is 0 Å². The smallest absolute Gasteiger partial charge is 0.330 e. The highest BCUT2D eigenvalue weighted by molar-refractivity contribution is 5.81. The molecule has 2 aromatic carbocycles. The van der Waals surface area contributed by atoms with Gasteiger partial charge in [0.05, 0.1) is 31.7 Å². The Morgan fingerprint density at radius 2 is 1.20 bits per heavy atom. The average Bonchev–Trinajstić information content (AvgIpc) is 2.96. The van der Waals surface area contributed by atoms with E-state index in [4.69, 9.17) is 28.4 Å². The number of hydrogen-bond acceptors (Lipinski definition) is 7. The molecule has 0 radical (unpaired) electrons. The molecule has 0 aliphatic carbocycles. The van der Waals surface area contributed by atoms with Crippen LogP contribution in [0.2, 0.25) is 0 Å². The van der Waals surface area contributed by atoms with Crippen LogP contribution in [0.5, 0.6) is 11.5 Å². The SMILES string of the molecule is C=CC(=O)OC(C)COC(C)COc1ccc(C(C)(C)c2ccc(OCC(C)OCC(C)OC=CC)cc2)cc1. The second-order valence-electron chi connectivity index (χ2n) is 10.5. The molecule has 2 aromatic rings. The molecular weight excluding hydrogens is 508 g/mol. The van der Waals surface area contributed by atoms with Gasteiger partial charge in [-0.05, 0) is 70.0 Å². The van der Waals surface area contributed by atoms with Crippen LogP contribution in [0.3, 0.4) is 0 Å². The number of allylic oxidation sites excluding steroid dienone is 1. The predicted molar refractivity (Wildman–Crippen MR) is 158 cm³/mol. The molecule has 0 aromatic heterocycles. The van der Waals surface area contributed by atoms with Crippen molar-refractivity contribution in [1.82, 2.24) is 0 Å². The first kappa shape index (κ1) is 32.9. The zero-order chi connectivity index (χ0) is 29.5. The standard InChI is InChI=1S/C33H46O7/c1-9-19-35-24(3)20-36-25(4)21-38-30-15-11-28(12-16-30)33(7,8)29-13-17-31(18-14-29)39-22-26(5)37-23-27(6)40-32(34)10-2/h9-19,24-27H,2,20-23H2,1,3-8H3. The Morgan fingerprint density at radius 3 is 1.62 bits per heavy atom. The zero-order valence-corrected chi connectivity index (χ0v) is 25.1. The van der Waals surface area contributed by atoms with Gasteiger partial charge in [0, 0.05) is 11.5 Å². The molecule has 0 aliphatic heterocycles. The molecule has 4 unspecified atom stereocenters. The molecule has 0 spiro atoms. The molecule has 0 heterocycles. The molecule has 0 N–H and O–H groups in total. The third-order valence-corrected chi connectivity index (χ3v) is 6.28. The summed E-state index contributed by atoms with van der Waals surface area (Å²) in [4.78, 5) is 11.3. The number of ether oxygens (including phenoxy) is 6. The minimum atomic E-state index is -0.458. The summed E-state index contributed by atoms with van der Waals surface area (Å²) >= 11 is 0. The molecule has 2 rings (SSSR count). The van der Waals surface area contributed by atoms with E-state index in [1.807, 2.05) is 58.0 Å². The molecule has 220 valence electrons. The molecule has 0 bridgehead atoms. The monoisotopic (exact) mass is 554 g/mol. The highest BCUT2D eigenvalue weighted by Gasteiger charge is 2.23. The van der Waals surface area contributed by atoms with Gasteiger partial charge < -0.3 is 28.4 Å². The van der Waals surface area contributed by atoms with E-state index in [0.29, 0.717) is 26.4 Å². The van der Waals surface area contributed by atoms with E-state index in [0.717, 1.165) is 17.6 Å². The fourth-order valence-electron chi connectivity index (χ4n) is 3.76. The third-order valence-electron chi connectivity index (χ3n) is 6.28. The topological polar surface area (TPSA) is 72.5 Å². The van der Waals surface area contributed by atoms with Crippen LogP contribution in [0.15, 0.2) is 73.5 Å². The van der Waals surface area contributed by atoms with E-state index >= 15 is 0 Å². The number of benzene rings is 2. The van der Waals surface area contributed by atoms with Crippen molar-refractivity contribution in [1.29, 1.82) is 0 Å². The van der Waals surface area contributed by atoms with Gasteiger partial charge >= 0.3 is 5.97 Å². The van der Waals surface area contributed by atoms with Gasteiger partial charge in [-0.25, -0.2) is 4.79 Å². The summed E-state index contributed by atoms with van der Waals surface area (Å²) in [7, 11) is 0. The lowest BCUT2D eigenvalue weighted by Crippen LogP contribution is -2.25. The number of carbonyl (C=O) groups excluding carboxylic acids is 1. The quantitative estimate of drug-likeness (QED) is 0.116. The molecule has 0 saturated heterocycles. The average molecular weight is 555 g/mol. The second-order valence-corrected chi connectivity index (χ2v) is 10.5. The van der Waals surface area contributed by atoms with Gasteiger partial charge in [-0.2, -0.15) is 0 Å². The van der Waals surface area contributed by atoms with Crippen LogP contribution in [0.4, 0.5) is 0 Å². The summed E-state index contributed by atoms with van der Waals surface area (Å²) < 4.78 is 33.9. The Kier molecular flexibility index (Phi) is 13.8. The van der Waals surface area contributed by atoms with Crippen molar-refractivity contribution in [2.75, 3.05) is 26.4 Å². The van der Waals surface area contributed by atoms with Crippen molar-refractivity contribution < 1.29 is 33.2 Å². The molecule has 7 heteroatoms. The van der Waals surface area contributed by atoms with Gasteiger partial charge in [0.1, 0.15) is 36.9 Å². The second kappa shape index (κ2) is 16.7. The van der Waals surface area contributed by atoms with E-state index < -0.39 is 5.97 Å². The lowest BCUT2D eigenvalue weighted by atomic mass is 9.78. The normalized spacial score (nSPS) is 14.7. The third kappa shape index (κ3) is 11.4. The fraction of sp³-hybridized carbons (Fsp3) is 0.485. The lowest BCUT2D eigenvalue weighted by Gasteiger charge is -2.27. The lowest BCUT2D eigenvalue weighted by molar-refractivity contribution is -0.146. The van der Waals surface area contributed by atoms with E-state index in [2.05, 4.69) is 44.7 Å². The Labute approximate surface area is 240 Å². The van der Waals surface area contributed by atoms with E-state index in [1.165, 1.54) is 11.1 Å². The summed E-state index contributed by atoms with van der Waals surface area (Å²) in [5.74, 6) is 1.12. The van der Waals surface area contributed by atoms with Crippen molar-refractivity contribution >= 4 is 5.97 Å². The van der Waals surface area contributed by atoms with Crippen LogP contribution in [0.1, 0.15) is 59.6 Å². The Balaban J connectivity index is 1.82. The zero-order valence-electron chi connectivity index (χ0n) is 25.1. The van der Waals surface area contributed by atoms with Crippen molar-refractivity contribution in [2.45, 2.75) is 78.3 Å². The molecule has 40 heavy (non-hydrogen) atoms. The maximum atomic E-state index is 11.3. The Hall–Kier alpha value is -3.29. The van der Waals surface area contributed by atoms with Gasteiger partial charge in [0.2, 0.25) is 0 Å². The number of esters is 1. The molecule has 4 atom stereocenters. The summed E-state index contributed by atoms with van der Waals surface area (Å²) in [6.45, 7) is 19.0. The van der Waals surface area contributed by atoms with Gasteiger partial charge in [0.25, 0.3) is 0 Å². The van der Waals surface area contributed by atoms with Crippen LogP contribution in [-0.4, -0.2) is 56.8 Å². The van der Waals surface area contributed by atoms with Gasteiger partial charge in [0.15, 0.2) is 0 Å². The summed E-state index contributed by atoms with van der Waals surface area (Å²) in [6.07, 6.45) is 4.11. The van der Waals surface area contributed by atoms with Crippen molar-refractivity contribution in [3.8, 4) is 11.5 Å². The van der Waals surface area contributed by atoms with Crippen molar-refractivity contribution in [3.63, 3.8) is 0 Å². The predicted octanol–water partition coefficient (Wildman–Crippen LogP) is 6.64. The highest BCUT2D eigenvalue weighted by atomic mass is 16.6. The Morgan fingerprint density at radius 1 is 0.750 bits per heavy atom. The van der Waals surface area contributed by atoms with Crippen LogP contribution in [0.25, 0.3) is 0 Å². The van der Waals surface area contributed by atoms with Crippen LogP contribution >= 0.6 is 0 Å². The van der Waals surface area contributed by atoms with Gasteiger partial charge in [-0.15, -0.1) is 0 Å². The van der Waals surface area contributed by atoms with Crippen LogP contribution < -0.4 is 9.47 Å². The first-order chi connectivity index (χ1) is 19.0. The maximum Gasteiger partial charge on any atom is 0.330 e. The van der Waals surface area contributed by atoms with Crippen LogP contribution in [-0.2, 0) is 29.2 Å². The molecule has 0 aliphatic rings. The van der Waals surface area contributed by atoms with E-state index in [1.54, 1.807) is 13.2 Å². The van der Waals surface area contributed by atoms with Crippen molar-refractivity contribution in [2.24, 2.45) is 0 Å². The molecule has 0 amide bonds. The Bertz CT molecular complexity index is 1040. The molecule has 0 fully saturated rings. The molecule has 7 nitrogen and oxygen atoms in total. The number of hydrogen-bond donors (Lipinski definition) is 0. The highest BCUT2D eigenvalue weighted by Crippen LogP contribution is 2.33. The van der Waals surface area contributed by atoms with Crippen LogP contribution in [0, 0.1) is 0 Å². The number of carbonyl (C=O) groups is 1. The van der Waals surface area contributed by atoms with Gasteiger partial charge in [-0.1, -0.05) is 50.8 Å². The van der Waals surface area contributed by atoms with E-state index in [-0.39, 0.29) is 29.8 Å². The molecule has 0 saturated carbocycles. The largest absolute Gasteiger partial charge is 0.496 e. The van der Waals surface area contributed by atoms with Crippen molar-refractivity contribution in [3.05, 3.63) is 84.7 Å². The first-order valence-corrected chi connectivity index (χ1v) is 13.8. The minimum absolute atomic E-state index is 0.00527. The summed E-state index contributed by atoms with van der Waals surface area (Å²) in [5, 5.41) is 0. The van der Waals surface area contributed by atoms with E-state index in [9.17, 15) is 4.79 Å².